The maximum absolute atomic E-state index is 8.25. The van der Waals surface area contributed by atoms with E-state index in [0.717, 1.165) is 0 Å². The van der Waals surface area contributed by atoms with Gasteiger partial charge in [-0.1, -0.05) is 0 Å². The first-order valence-corrected chi connectivity index (χ1v) is 1.10. The zero-order valence-corrected chi connectivity index (χ0v) is 12.8. The Morgan fingerprint density at radius 1 is 0.800 bits per heavy atom. The van der Waals surface area contributed by atoms with E-state index in [4.69, 9.17) is 30.6 Å². The fraction of sp³-hybridized carbons (Fsp3) is 0. The van der Waals surface area contributed by atoms with E-state index in [1.165, 1.54) is 0 Å². The molecule has 0 saturated carbocycles. The third-order valence-electron chi connectivity index (χ3n) is 0. The number of hydrogen-bond acceptors (Lipinski definition) is 6. The van der Waals surface area contributed by atoms with Crippen molar-refractivity contribution in [2.24, 2.45) is 0 Å². The van der Waals surface area contributed by atoms with Crippen LogP contribution in [0.3, 0.4) is 0 Å². The second-order valence-electron chi connectivity index (χ2n) is 0.447. The van der Waals surface area contributed by atoms with Gasteiger partial charge in [0.1, 0.15) is 0 Å². The van der Waals surface area contributed by atoms with Gasteiger partial charge in [0, 0.05) is 41.3 Å². The van der Waals surface area contributed by atoms with Gasteiger partial charge in [0.05, 0.1) is 10.2 Å². The third kappa shape index (κ3) is 364. The number of hydrogen-bond donors (Lipinski definition) is 0. The zero-order chi connectivity index (χ0) is 7.15. The van der Waals surface area contributed by atoms with Gasteiger partial charge in [0.15, 0.2) is 0 Å². The molecule has 0 fully saturated rings. The van der Waals surface area contributed by atoms with Crippen LogP contribution in [0.15, 0.2) is 0 Å². The van der Waals surface area contributed by atoms with Crippen molar-refractivity contribution in [1.82, 2.24) is 0 Å². The van der Waals surface area contributed by atoms with E-state index in [2.05, 4.69) is 0 Å². The van der Waals surface area contributed by atoms with E-state index >= 15 is 0 Å². The Hall–Kier alpha value is 1.34. The molecule has 0 heterocycles. The predicted molar refractivity (Wildman–Crippen MR) is 26.5 cm³/mol. The average molecular weight is 402 g/mol. The molecule has 0 N–H and O–H groups in total. The van der Waals surface area contributed by atoms with Crippen LogP contribution in [0.25, 0.3) is 0 Å². The Balaban J connectivity index is -0.0000000300. The molecule has 8 nitrogen and oxygen atoms in total. The summed E-state index contributed by atoms with van der Waals surface area (Å²) in [5.41, 5.74) is 0. The van der Waals surface area contributed by atoms with E-state index < -0.39 is 10.2 Å². The normalized spacial score (nSPS) is 4.80. The standard InChI is InChI=1S/Ba.2NO3.Pr/c;2*2-1(3)4;/q+2;2*-1;. The van der Waals surface area contributed by atoms with Crippen LogP contribution in [0.5, 0.6) is 0 Å². The van der Waals surface area contributed by atoms with Crippen molar-refractivity contribution in [2.45, 2.75) is 0 Å². The van der Waals surface area contributed by atoms with Crippen LogP contribution in [-0.4, -0.2) is 59.1 Å². The van der Waals surface area contributed by atoms with Gasteiger partial charge >= 0.3 is 48.9 Å². The Bertz CT molecular complexity index is 73.7. The molecular formula is BaN2O6Pr. The molecule has 0 aromatic rings. The quantitative estimate of drug-likeness (QED) is 0.294. The molecule has 0 unspecified atom stereocenters. The van der Waals surface area contributed by atoms with Crippen molar-refractivity contribution in [3.8, 4) is 0 Å². The second-order valence-corrected chi connectivity index (χ2v) is 0.447. The van der Waals surface area contributed by atoms with Gasteiger partial charge in [-0.3, -0.25) is 0 Å². The molecule has 0 aliphatic carbocycles. The molecule has 0 spiro atoms. The SMILES string of the molecule is O=[N+]([O-])[O-].O=[N+]([O-])[O-].[Ba+2].[Pr]. The molecule has 10 heteroatoms. The molecule has 51 valence electrons. The topological polar surface area (TPSA) is 132 Å². The molecule has 0 rings (SSSR count). The number of nitrogens with zero attached hydrogens (tertiary/aromatic N) is 2. The van der Waals surface area contributed by atoms with Crippen molar-refractivity contribution in [3.05, 3.63) is 30.6 Å². The van der Waals surface area contributed by atoms with E-state index in [0.29, 0.717) is 0 Å². The Morgan fingerprint density at radius 2 is 0.800 bits per heavy atom. The smallest absolute Gasteiger partial charge is 0.356 e. The van der Waals surface area contributed by atoms with Gasteiger partial charge in [-0.2, -0.15) is 0 Å². The second kappa shape index (κ2) is 16.7. The van der Waals surface area contributed by atoms with Crippen molar-refractivity contribution < 1.29 is 51.5 Å². The summed E-state index contributed by atoms with van der Waals surface area (Å²) in [6, 6.07) is 0. The molecule has 0 saturated heterocycles. The molecule has 0 aromatic heterocycles. The molecule has 0 bridgehead atoms. The van der Waals surface area contributed by atoms with E-state index in [1.807, 2.05) is 0 Å². The Morgan fingerprint density at radius 3 is 0.800 bits per heavy atom. The van der Waals surface area contributed by atoms with Crippen LogP contribution >= 0.6 is 0 Å². The molecule has 10 heavy (non-hydrogen) atoms. The monoisotopic (exact) mass is 403 g/mol. The first-order valence-electron chi connectivity index (χ1n) is 1.10. The number of rotatable bonds is 0. The minimum atomic E-state index is -1.75. The molecule has 0 amide bonds. The van der Waals surface area contributed by atoms with E-state index in [9.17, 15) is 0 Å². The van der Waals surface area contributed by atoms with Crippen molar-refractivity contribution in [2.75, 3.05) is 0 Å². The summed E-state index contributed by atoms with van der Waals surface area (Å²) >= 11 is 0. The van der Waals surface area contributed by atoms with Crippen molar-refractivity contribution in [1.29, 1.82) is 0 Å². The van der Waals surface area contributed by atoms with Crippen LogP contribution in [-0.2, 0) is 0 Å². The van der Waals surface area contributed by atoms with Gasteiger partial charge in [0.2, 0.25) is 0 Å². The van der Waals surface area contributed by atoms with Crippen molar-refractivity contribution in [3.63, 3.8) is 0 Å². The molecule has 0 aliphatic rings. The molecule has 0 aromatic carbocycles. The summed E-state index contributed by atoms with van der Waals surface area (Å²) in [4.78, 5) is 16.5. The fourth-order valence-electron chi connectivity index (χ4n) is 0. The summed E-state index contributed by atoms with van der Waals surface area (Å²) in [5, 5.41) is 29.5. The maximum atomic E-state index is 8.25. The first-order chi connectivity index (χ1) is 3.46. The minimum Gasteiger partial charge on any atom is -0.356 e. The van der Waals surface area contributed by atoms with Gasteiger partial charge in [-0.25, -0.2) is 0 Å². The largest absolute Gasteiger partial charge is 2.00 e. The van der Waals surface area contributed by atoms with Gasteiger partial charge in [-0.15, -0.1) is 0 Å². The Kier molecular flexibility index (Phi) is 37.7. The van der Waals surface area contributed by atoms with Crippen LogP contribution in [0.1, 0.15) is 0 Å². The predicted octanol–water partition coefficient (Wildman–Crippen LogP) is -0.859. The minimum absolute atomic E-state index is 0. The van der Waals surface area contributed by atoms with Gasteiger partial charge in [-0.05, 0) is 0 Å². The van der Waals surface area contributed by atoms with Crippen LogP contribution in [0, 0.1) is 71.9 Å². The Labute approximate surface area is 128 Å². The average Bonchev–Trinajstić information content (AvgIpc) is 1.25. The molecule has 0 aliphatic heterocycles. The van der Waals surface area contributed by atoms with E-state index in [-0.39, 0.29) is 90.2 Å². The molecular weight excluding hydrogens is 402 g/mol. The summed E-state index contributed by atoms with van der Waals surface area (Å²) in [6.45, 7) is 0. The first kappa shape index (κ1) is 22.5. The molecule has 1 radical (unpaired) electrons. The van der Waals surface area contributed by atoms with Crippen LogP contribution < -0.4 is 0 Å². The van der Waals surface area contributed by atoms with Gasteiger partial charge in [0.25, 0.3) is 0 Å². The van der Waals surface area contributed by atoms with E-state index in [1.54, 1.807) is 0 Å². The molecule has 0 atom stereocenters. The summed E-state index contributed by atoms with van der Waals surface area (Å²) in [5.74, 6) is 0. The zero-order valence-electron chi connectivity index (χ0n) is 4.63. The summed E-state index contributed by atoms with van der Waals surface area (Å²) in [7, 11) is 0. The maximum Gasteiger partial charge on any atom is 2.00 e. The van der Waals surface area contributed by atoms with Crippen molar-refractivity contribution >= 4 is 48.9 Å². The summed E-state index contributed by atoms with van der Waals surface area (Å²) < 4.78 is 0. The fourth-order valence-corrected chi connectivity index (χ4v) is 0. The third-order valence-corrected chi connectivity index (χ3v) is 0. The van der Waals surface area contributed by atoms with Crippen LogP contribution in [0.2, 0.25) is 0 Å². The summed E-state index contributed by atoms with van der Waals surface area (Å²) in [6.07, 6.45) is 0. The van der Waals surface area contributed by atoms with Crippen LogP contribution in [0.4, 0.5) is 0 Å². The van der Waals surface area contributed by atoms with Gasteiger partial charge < -0.3 is 30.6 Å².